The van der Waals surface area contributed by atoms with Gasteiger partial charge in [-0.05, 0) is 25.0 Å². The first-order valence-corrected chi connectivity index (χ1v) is 6.70. The van der Waals surface area contributed by atoms with Crippen LogP contribution in [0.2, 0.25) is 0 Å². The number of anilines is 1. The molecule has 0 radical (unpaired) electrons. The van der Waals surface area contributed by atoms with Crippen molar-refractivity contribution >= 4 is 5.69 Å². The first-order valence-electron chi connectivity index (χ1n) is 6.70. The van der Waals surface area contributed by atoms with E-state index in [1.165, 1.54) is 0 Å². The van der Waals surface area contributed by atoms with Crippen LogP contribution in [0.15, 0.2) is 28.8 Å². The predicted molar refractivity (Wildman–Crippen MR) is 72.3 cm³/mol. The van der Waals surface area contributed by atoms with Crippen molar-refractivity contribution in [2.24, 2.45) is 0 Å². The third kappa shape index (κ3) is 3.08. The van der Waals surface area contributed by atoms with E-state index in [1.807, 2.05) is 18.2 Å². The van der Waals surface area contributed by atoms with E-state index < -0.39 is 0 Å². The van der Waals surface area contributed by atoms with Gasteiger partial charge in [0.05, 0.1) is 0 Å². The van der Waals surface area contributed by atoms with Crippen LogP contribution < -0.4 is 10.5 Å². The van der Waals surface area contributed by atoms with E-state index in [1.54, 1.807) is 6.07 Å². The van der Waals surface area contributed by atoms with Crippen molar-refractivity contribution in [3.05, 3.63) is 36.0 Å². The molecule has 1 aromatic carbocycles. The molecule has 3 rings (SSSR count). The van der Waals surface area contributed by atoms with Crippen LogP contribution in [0.25, 0.3) is 0 Å². The van der Waals surface area contributed by atoms with Crippen molar-refractivity contribution in [2.45, 2.75) is 25.4 Å². The van der Waals surface area contributed by atoms with Crippen LogP contribution in [-0.2, 0) is 11.3 Å². The lowest BCUT2D eigenvalue weighted by Crippen LogP contribution is -2.15. The lowest BCUT2D eigenvalue weighted by atomic mass is 10.00. The van der Waals surface area contributed by atoms with E-state index in [9.17, 15) is 0 Å². The molecule has 6 heteroatoms. The molecule has 2 heterocycles. The zero-order chi connectivity index (χ0) is 13.8. The van der Waals surface area contributed by atoms with Crippen LogP contribution in [0.4, 0.5) is 5.69 Å². The van der Waals surface area contributed by atoms with Crippen molar-refractivity contribution in [3.63, 3.8) is 0 Å². The van der Waals surface area contributed by atoms with Crippen LogP contribution in [0.1, 0.15) is 30.5 Å². The molecule has 0 bridgehead atoms. The summed E-state index contributed by atoms with van der Waals surface area (Å²) in [6.07, 6.45) is 1.88. The minimum Gasteiger partial charge on any atom is -0.484 e. The van der Waals surface area contributed by atoms with Gasteiger partial charge in [-0.3, -0.25) is 0 Å². The number of nitrogens with two attached hydrogens (primary N) is 1. The van der Waals surface area contributed by atoms with E-state index in [0.29, 0.717) is 23.2 Å². The van der Waals surface area contributed by atoms with E-state index in [4.69, 9.17) is 19.7 Å². The molecule has 6 nitrogen and oxygen atoms in total. The molecule has 1 aromatic heterocycles. The molecule has 0 unspecified atom stereocenters. The van der Waals surface area contributed by atoms with E-state index >= 15 is 0 Å². The Bertz CT molecular complexity index is 564. The Morgan fingerprint density at radius 1 is 1.30 bits per heavy atom. The summed E-state index contributed by atoms with van der Waals surface area (Å²) in [6, 6.07) is 7.25. The summed E-state index contributed by atoms with van der Waals surface area (Å²) in [6.45, 7) is 1.77. The van der Waals surface area contributed by atoms with Gasteiger partial charge in [0.2, 0.25) is 0 Å². The average Bonchev–Trinajstić information content (AvgIpc) is 2.95. The number of nitrogens with zero attached hydrogens (tertiary/aromatic N) is 2. The number of hydrogen-bond acceptors (Lipinski definition) is 6. The zero-order valence-corrected chi connectivity index (χ0v) is 11.1. The Balaban J connectivity index is 1.59. The van der Waals surface area contributed by atoms with Crippen LogP contribution in [-0.4, -0.2) is 23.4 Å². The zero-order valence-electron chi connectivity index (χ0n) is 11.1. The van der Waals surface area contributed by atoms with Gasteiger partial charge in [-0.2, -0.15) is 4.98 Å². The summed E-state index contributed by atoms with van der Waals surface area (Å²) >= 11 is 0. The quantitative estimate of drug-likeness (QED) is 0.860. The Hall–Kier alpha value is -2.08. The highest BCUT2D eigenvalue weighted by atomic mass is 16.5. The summed E-state index contributed by atoms with van der Waals surface area (Å²) in [5.74, 6) is 2.25. The first kappa shape index (κ1) is 12.9. The second kappa shape index (κ2) is 5.92. The van der Waals surface area contributed by atoms with Gasteiger partial charge in [0.1, 0.15) is 5.75 Å². The molecular formula is C14H17N3O3. The Kier molecular flexibility index (Phi) is 3.83. The van der Waals surface area contributed by atoms with Gasteiger partial charge in [0, 0.05) is 30.9 Å². The fourth-order valence-electron chi connectivity index (χ4n) is 2.20. The van der Waals surface area contributed by atoms with Crippen molar-refractivity contribution in [3.8, 4) is 5.75 Å². The van der Waals surface area contributed by atoms with E-state index in [-0.39, 0.29) is 6.61 Å². The highest BCUT2D eigenvalue weighted by Crippen LogP contribution is 2.24. The fourth-order valence-corrected chi connectivity index (χ4v) is 2.20. The molecule has 106 valence electrons. The minimum atomic E-state index is 0.250. The summed E-state index contributed by atoms with van der Waals surface area (Å²) in [5, 5.41) is 4.02. The van der Waals surface area contributed by atoms with Gasteiger partial charge in [-0.15, -0.1) is 0 Å². The third-order valence-corrected chi connectivity index (χ3v) is 3.29. The molecule has 20 heavy (non-hydrogen) atoms. The Morgan fingerprint density at radius 3 is 2.95 bits per heavy atom. The predicted octanol–water partition coefficient (Wildman–Crippen LogP) is 2.12. The highest BCUT2D eigenvalue weighted by Gasteiger charge is 2.21. The van der Waals surface area contributed by atoms with Gasteiger partial charge < -0.3 is 19.7 Å². The lowest BCUT2D eigenvalue weighted by molar-refractivity contribution is 0.0830. The van der Waals surface area contributed by atoms with Crippen molar-refractivity contribution < 1.29 is 14.0 Å². The normalized spacial score (nSPS) is 16.2. The maximum Gasteiger partial charge on any atom is 0.264 e. The molecule has 2 N–H and O–H groups in total. The monoisotopic (exact) mass is 275 g/mol. The van der Waals surface area contributed by atoms with Crippen LogP contribution >= 0.6 is 0 Å². The smallest absolute Gasteiger partial charge is 0.264 e. The van der Waals surface area contributed by atoms with E-state index in [0.717, 1.165) is 31.9 Å². The molecule has 0 atom stereocenters. The lowest BCUT2D eigenvalue weighted by Gasteiger charge is -2.18. The average molecular weight is 275 g/mol. The molecule has 2 aromatic rings. The largest absolute Gasteiger partial charge is 0.484 e. The van der Waals surface area contributed by atoms with Crippen molar-refractivity contribution in [1.82, 2.24) is 10.1 Å². The second-order valence-electron chi connectivity index (χ2n) is 4.79. The van der Waals surface area contributed by atoms with Gasteiger partial charge in [0.25, 0.3) is 5.89 Å². The third-order valence-electron chi connectivity index (χ3n) is 3.29. The number of benzene rings is 1. The first-order chi connectivity index (χ1) is 9.81. The molecule has 1 fully saturated rings. The number of nitrogen functional groups attached to an aromatic ring is 1. The Morgan fingerprint density at radius 2 is 2.15 bits per heavy atom. The molecule has 0 amide bonds. The van der Waals surface area contributed by atoms with Crippen molar-refractivity contribution in [2.75, 3.05) is 18.9 Å². The van der Waals surface area contributed by atoms with E-state index in [2.05, 4.69) is 10.1 Å². The number of aromatic nitrogens is 2. The second-order valence-corrected chi connectivity index (χ2v) is 4.79. The van der Waals surface area contributed by atoms with Gasteiger partial charge in [-0.25, -0.2) is 0 Å². The maximum atomic E-state index is 5.69. The SMILES string of the molecule is Nc1cccc(OCc2nc(C3CCOCC3)no2)c1. The summed E-state index contributed by atoms with van der Waals surface area (Å²) in [5.41, 5.74) is 6.35. The number of rotatable bonds is 4. The topological polar surface area (TPSA) is 83.4 Å². The van der Waals surface area contributed by atoms with Gasteiger partial charge in [0.15, 0.2) is 12.4 Å². The van der Waals surface area contributed by atoms with Crippen molar-refractivity contribution in [1.29, 1.82) is 0 Å². The van der Waals surface area contributed by atoms with Crippen LogP contribution in [0, 0.1) is 0 Å². The number of hydrogen-bond donors (Lipinski definition) is 1. The maximum absolute atomic E-state index is 5.69. The molecule has 0 spiro atoms. The summed E-state index contributed by atoms with van der Waals surface area (Å²) in [7, 11) is 0. The van der Waals surface area contributed by atoms with Crippen LogP contribution in [0.3, 0.4) is 0 Å². The summed E-state index contributed by atoms with van der Waals surface area (Å²) < 4.78 is 16.1. The molecular weight excluding hydrogens is 258 g/mol. The van der Waals surface area contributed by atoms with Gasteiger partial charge in [-0.1, -0.05) is 11.2 Å². The Labute approximate surface area is 116 Å². The molecule has 0 aliphatic carbocycles. The standard InChI is InChI=1S/C14H17N3O3/c15-11-2-1-3-12(8-11)19-9-13-16-14(17-20-13)10-4-6-18-7-5-10/h1-3,8,10H,4-7,9,15H2. The fraction of sp³-hybridized carbons (Fsp3) is 0.429. The number of ether oxygens (including phenoxy) is 2. The van der Waals surface area contributed by atoms with Crippen LogP contribution in [0.5, 0.6) is 5.75 Å². The minimum absolute atomic E-state index is 0.250. The highest BCUT2D eigenvalue weighted by molar-refractivity contribution is 5.43. The molecule has 0 saturated carbocycles. The molecule has 1 aliphatic rings. The van der Waals surface area contributed by atoms with Gasteiger partial charge >= 0.3 is 0 Å². The molecule has 1 saturated heterocycles. The molecule has 1 aliphatic heterocycles. The summed E-state index contributed by atoms with van der Waals surface area (Å²) in [4.78, 5) is 4.38.